The molecule has 0 spiro atoms. The van der Waals surface area contributed by atoms with Gasteiger partial charge in [-0.1, -0.05) is 6.07 Å². The zero-order valence-corrected chi connectivity index (χ0v) is 33.8. The standard InChI is InChI=1S/C40H52N12O8/c1-49-35-31(24-42-49)46-40(48-36(35)44-26-5-7-28(8-6-26)50-12-16-58-17-13-50)45-27-23-43-51(25-27)14-18-59-20-22-60-21-19-57-15-11-41-30-4-2-3-29-34(30)39(56)52(38(29)55)32-9-10-33(53)47-37(32)54/h2-4,23-26,28,32,41H,5-22H2,1H3,(H,47,53,54)(H2,44,45,46,48). The Labute approximate surface area is 346 Å². The predicted octanol–water partition coefficient (Wildman–Crippen LogP) is 1.92. The molecule has 3 aliphatic heterocycles. The van der Waals surface area contributed by atoms with Crippen molar-refractivity contribution in [1.29, 1.82) is 0 Å². The summed E-state index contributed by atoms with van der Waals surface area (Å²) in [5, 5.41) is 21.3. The van der Waals surface area contributed by atoms with E-state index in [0.29, 0.717) is 76.5 Å². The first kappa shape index (κ1) is 41.2. The SMILES string of the molecule is Cn1ncc2nc(Nc3cnn(CCOCCOCCOCCNc4cccc5c4C(=O)N(C4CCC(=O)NC4=O)C5=O)c3)nc(NC3CCC(N4CCOCC4)CC3)c21. The summed E-state index contributed by atoms with van der Waals surface area (Å²) in [4.78, 5) is 63.3. The Hall–Kier alpha value is -5.54. The number of rotatable bonds is 19. The van der Waals surface area contributed by atoms with Gasteiger partial charge >= 0.3 is 0 Å². The third kappa shape index (κ3) is 9.57. The molecular formula is C40H52N12O8. The van der Waals surface area contributed by atoms with Crippen molar-refractivity contribution < 1.29 is 38.1 Å². The van der Waals surface area contributed by atoms with Gasteiger partial charge in [0.05, 0.1) is 88.6 Å². The van der Waals surface area contributed by atoms with Crippen LogP contribution < -0.4 is 21.3 Å². The number of fused-ring (bicyclic) bond motifs is 2. The molecule has 20 nitrogen and oxygen atoms in total. The molecule has 6 heterocycles. The van der Waals surface area contributed by atoms with Gasteiger partial charge in [0, 0.05) is 57.1 Å². The summed E-state index contributed by atoms with van der Waals surface area (Å²) in [5.74, 6) is -0.916. The van der Waals surface area contributed by atoms with Crippen LogP contribution in [-0.2, 0) is 42.1 Å². The molecule has 0 bridgehead atoms. The van der Waals surface area contributed by atoms with Gasteiger partial charge in [-0.3, -0.25) is 43.7 Å². The Morgan fingerprint density at radius 2 is 1.63 bits per heavy atom. The molecule has 60 heavy (non-hydrogen) atoms. The van der Waals surface area contributed by atoms with E-state index in [1.807, 2.05) is 17.9 Å². The molecule has 4 aromatic rings. The van der Waals surface area contributed by atoms with E-state index in [1.54, 1.807) is 35.3 Å². The van der Waals surface area contributed by atoms with Gasteiger partial charge in [-0.15, -0.1) is 0 Å². The van der Waals surface area contributed by atoms with Crippen LogP contribution in [0.2, 0.25) is 0 Å². The third-order valence-electron chi connectivity index (χ3n) is 11.3. The number of carbonyl (C=O) groups excluding carboxylic acids is 4. The van der Waals surface area contributed by atoms with Gasteiger partial charge in [0.2, 0.25) is 17.8 Å². The highest BCUT2D eigenvalue weighted by Crippen LogP contribution is 2.33. The number of ether oxygens (including phenoxy) is 4. The van der Waals surface area contributed by atoms with Crippen LogP contribution in [0.4, 0.5) is 23.1 Å². The molecule has 1 saturated carbocycles. The Kier molecular flexibility index (Phi) is 13.2. The lowest BCUT2D eigenvalue weighted by Gasteiger charge is -2.39. The second-order valence-corrected chi connectivity index (χ2v) is 15.3. The average Bonchev–Trinajstić information content (AvgIpc) is 3.94. The van der Waals surface area contributed by atoms with Crippen molar-refractivity contribution >= 4 is 57.8 Å². The van der Waals surface area contributed by atoms with E-state index in [1.165, 1.54) is 0 Å². The molecule has 1 aromatic carbocycles. The Bertz CT molecular complexity index is 2160. The number of benzene rings is 1. The number of imide groups is 2. The zero-order chi connectivity index (χ0) is 41.4. The summed E-state index contributed by atoms with van der Waals surface area (Å²) in [6, 6.07) is 4.87. The largest absolute Gasteiger partial charge is 0.382 e. The van der Waals surface area contributed by atoms with E-state index in [9.17, 15) is 19.2 Å². The molecule has 8 rings (SSSR count). The van der Waals surface area contributed by atoms with Gasteiger partial charge in [0.15, 0.2) is 5.82 Å². The van der Waals surface area contributed by atoms with Crippen molar-refractivity contribution in [2.75, 3.05) is 88.4 Å². The number of aryl methyl sites for hydroxylation is 1. The molecule has 4 amide bonds. The smallest absolute Gasteiger partial charge is 0.264 e. The molecule has 3 fully saturated rings. The summed E-state index contributed by atoms with van der Waals surface area (Å²) >= 11 is 0. The quantitative estimate of drug-likeness (QED) is 0.0784. The summed E-state index contributed by atoms with van der Waals surface area (Å²) in [6.07, 6.45) is 10.0. The van der Waals surface area contributed by atoms with Gasteiger partial charge in [-0.05, 0) is 44.2 Å². The van der Waals surface area contributed by atoms with Crippen molar-refractivity contribution in [2.45, 2.75) is 63.2 Å². The zero-order valence-electron chi connectivity index (χ0n) is 33.8. The molecule has 2 saturated heterocycles. The molecule has 320 valence electrons. The number of nitrogens with one attached hydrogen (secondary N) is 4. The van der Waals surface area contributed by atoms with E-state index >= 15 is 0 Å². The van der Waals surface area contributed by atoms with Crippen LogP contribution in [0, 0.1) is 0 Å². The van der Waals surface area contributed by atoms with Crippen LogP contribution in [0.3, 0.4) is 0 Å². The number of hydrogen-bond donors (Lipinski definition) is 4. The fourth-order valence-electron chi connectivity index (χ4n) is 8.26. The van der Waals surface area contributed by atoms with Gasteiger partial charge < -0.3 is 34.9 Å². The number of nitrogens with zero attached hydrogens (tertiary/aromatic N) is 8. The van der Waals surface area contributed by atoms with Crippen molar-refractivity contribution in [3.05, 3.63) is 47.9 Å². The lowest BCUT2D eigenvalue weighted by atomic mass is 9.90. The summed E-state index contributed by atoms with van der Waals surface area (Å²) < 4.78 is 26.2. The Morgan fingerprint density at radius 3 is 2.42 bits per heavy atom. The number of morpholine rings is 1. The maximum Gasteiger partial charge on any atom is 0.264 e. The van der Waals surface area contributed by atoms with Crippen molar-refractivity contribution in [3.8, 4) is 0 Å². The minimum Gasteiger partial charge on any atom is -0.382 e. The van der Waals surface area contributed by atoms with Crippen molar-refractivity contribution in [2.24, 2.45) is 7.05 Å². The first-order chi connectivity index (χ1) is 29.3. The molecule has 3 aromatic heterocycles. The van der Waals surface area contributed by atoms with Crippen LogP contribution in [0.25, 0.3) is 11.0 Å². The predicted molar refractivity (Wildman–Crippen MR) is 218 cm³/mol. The lowest BCUT2D eigenvalue weighted by Crippen LogP contribution is -2.54. The molecule has 1 atom stereocenters. The minimum atomic E-state index is -1.01. The van der Waals surface area contributed by atoms with E-state index in [4.69, 9.17) is 28.9 Å². The maximum atomic E-state index is 13.2. The maximum absolute atomic E-state index is 13.2. The highest BCUT2D eigenvalue weighted by Gasteiger charge is 2.45. The molecule has 4 aliphatic rings. The van der Waals surface area contributed by atoms with Crippen LogP contribution in [-0.4, -0.2) is 154 Å². The van der Waals surface area contributed by atoms with E-state index in [2.05, 4.69) is 36.4 Å². The number of aromatic nitrogens is 6. The second-order valence-electron chi connectivity index (χ2n) is 15.3. The van der Waals surface area contributed by atoms with E-state index < -0.39 is 29.7 Å². The molecule has 1 unspecified atom stereocenters. The van der Waals surface area contributed by atoms with Crippen LogP contribution >= 0.6 is 0 Å². The lowest BCUT2D eigenvalue weighted by molar-refractivity contribution is -0.136. The second kappa shape index (κ2) is 19.2. The number of anilines is 4. The van der Waals surface area contributed by atoms with Gasteiger partial charge in [0.25, 0.3) is 11.8 Å². The number of amides is 4. The number of carbonyl (C=O) groups is 4. The fraction of sp³-hybridized carbons (Fsp3) is 0.550. The summed E-state index contributed by atoms with van der Waals surface area (Å²) in [7, 11) is 1.91. The highest BCUT2D eigenvalue weighted by atomic mass is 16.5. The van der Waals surface area contributed by atoms with Crippen molar-refractivity contribution in [1.82, 2.24) is 44.6 Å². The number of hydrogen-bond acceptors (Lipinski definition) is 16. The van der Waals surface area contributed by atoms with Crippen LogP contribution in [0.5, 0.6) is 0 Å². The van der Waals surface area contributed by atoms with E-state index in [0.717, 1.165) is 79.4 Å². The fourth-order valence-corrected chi connectivity index (χ4v) is 8.26. The van der Waals surface area contributed by atoms with Crippen molar-refractivity contribution in [3.63, 3.8) is 0 Å². The molecule has 20 heteroatoms. The molecule has 4 N–H and O–H groups in total. The van der Waals surface area contributed by atoms with Gasteiger partial charge in [0.1, 0.15) is 17.1 Å². The van der Waals surface area contributed by atoms with E-state index in [-0.39, 0.29) is 24.0 Å². The first-order valence-corrected chi connectivity index (χ1v) is 20.7. The summed E-state index contributed by atoms with van der Waals surface area (Å²) in [6.45, 7) is 6.99. The number of piperidine rings is 1. The normalized spacial score (nSPS) is 21.1. The minimum absolute atomic E-state index is 0.0645. The molecule has 0 radical (unpaired) electrons. The Morgan fingerprint density at radius 1 is 0.867 bits per heavy atom. The highest BCUT2D eigenvalue weighted by molar-refractivity contribution is 6.25. The van der Waals surface area contributed by atoms with Gasteiger partial charge in [-0.2, -0.15) is 15.2 Å². The third-order valence-corrected chi connectivity index (χ3v) is 11.3. The summed E-state index contributed by atoms with van der Waals surface area (Å²) in [5.41, 5.74) is 3.31. The monoisotopic (exact) mass is 828 g/mol. The first-order valence-electron chi connectivity index (χ1n) is 20.7. The molecule has 1 aliphatic carbocycles. The topological polar surface area (TPSA) is 221 Å². The van der Waals surface area contributed by atoms with Crippen LogP contribution in [0.1, 0.15) is 59.2 Å². The van der Waals surface area contributed by atoms with Crippen LogP contribution in [0.15, 0.2) is 36.8 Å². The van der Waals surface area contributed by atoms with Gasteiger partial charge in [-0.25, -0.2) is 4.98 Å². The molecular weight excluding hydrogens is 777 g/mol. The Balaban J connectivity index is 0.701. The average molecular weight is 829 g/mol.